The lowest BCUT2D eigenvalue weighted by Crippen LogP contribution is -2.06. The van der Waals surface area contributed by atoms with E-state index >= 15 is 0 Å². The zero-order valence-corrected chi connectivity index (χ0v) is 12.3. The number of carbonyl (C=O) groups is 1. The molecule has 22 heavy (non-hydrogen) atoms. The molecular weight excluding hydrogens is 278 g/mol. The van der Waals surface area contributed by atoms with Crippen LogP contribution in [0.3, 0.4) is 0 Å². The summed E-state index contributed by atoms with van der Waals surface area (Å²) in [6, 6.07) is 14.7. The van der Waals surface area contributed by atoms with Gasteiger partial charge in [0.1, 0.15) is 5.58 Å². The molecule has 0 bridgehead atoms. The molecule has 0 aliphatic rings. The van der Waals surface area contributed by atoms with Gasteiger partial charge in [-0.1, -0.05) is 24.3 Å². The molecule has 2 aromatic carbocycles. The third-order valence-corrected chi connectivity index (χ3v) is 3.50. The van der Waals surface area contributed by atoms with E-state index in [0.717, 1.165) is 22.1 Å². The predicted molar refractivity (Wildman–Crippen MR) is 87.0 cm³/mol. The highest BCUT2D eigenvalue weighted by atomic mass is 16.4. The molecule has 1 amide bonds. The normalized spacial score (nSPS) is 10.6. The van der Waals surface area contributed by atoms with E-state index in [1.165, 1.54) is 13.0 Å². The highest BCUT2D eigenvalue weighted by Gasteiger charge is 2.10. The molecule has 1 aromatic heterocycles. The van der Waals surface area contributed by atoms with Crippen LogP contribution in [-0.2, 0) is 4.79 Å². The van der Waals surface area contributed by atoms with Crippen molar-refractivity contribution < 1.29 is 9.21 Å². The van der Waals surface area contributed by atoms with Crippen molar-refractivity contribution in [3.8, 4) is 11.1 Å². The molecule has 0 radical (unpaired) electrons. The van der Waals surface area contributed by atoms with E-state index in [-0.39, 0.29) is 5.91 Å². The van der Waals surface area contributed by atoms with E-state index in [2.05, 4.69) is 5.32 Å². The highest BCUT2D eigenvalue weighted by Crippen LogP contribution is 2.30. The van der Waals surface area contributed by atoms with Crippen molar-refractivity contribution in [2.24, 2.45) is 0 Å². The summed E-state index contributed by atoms with van der Waals surface area (Å²) >= 11 is 0. The van der Waals surface area contributed by atoms with Gasteiger partial charge in [-0.25, -0.2) is 4.79 Å². The molecule has 0 saturated carbocycles. The molecule has 0 saturated heterocycles. The quantitative estimate of drug-likeness (QED) is 0.732. The summed E-state index contributed by atoms with van der Waals surface area (Å²) in [5, 5.41) is 3.52. The summed E-state index contributed by atoms with van der Waals surface area (Å²) in [5.41, 5.74) is 3.56. The van der Waals surface area contributed by atoms with Crippen molar-refractivity contribution in [2.75, 3.05) is 5.32 Å². The summed E-state index contributed by atoms with van der Waals surface area (Å²) in [6.07, 6.45) is 0. The molecule has 3 aromatic rings. The molecule has 4 heteroatoms. The molecule has 4 nitrogen and oxygen atoms in total. The molecule has 110 valence electrons. The summed E-state index contributed by atoms with van der Waals surface area (Å²) < 4.78 is 5.28. The minimum absolute atomic E-state index is 0.170. The summed E-state index contributed by atoms with van der Waals surface area (Å²) in [4.78, 5) is 23.0. The van der Waals surface area contributed by atoms with Gasteiger partial charge in [-0.15, -0.1) is 0 Å². The Morgan fingerprint density at radius 1 is 1.05 bits per heavy atom. The van der Waals surface area contributed by atoms with Crippen molar-refractivity contribution >= 4 is 22.6 Å². The number of carbonyl (C=O) groups excluding carboxylic acids is 1. The van der Waals surface area contributed by atoms with E-state index < -0.39 is 5.63 Å². The maximum absolute atomic E-state index is 11.9. The number of fused-ring (bicyclic) bond motifs is 1. The highest BCUT2D eigenvalue weighted by molar-refractivity contribution is 5.97. The van der Waals surface area contributed by atoms with Crippen LogP contribution in [0, 0.1) is 6.92 Å². The number of hydrogen-bond donors (Lipinski definition) is 1. The first-order valence-corrected chi connectivity index (χ1v) is 6.96. The van der Waals surface area contributed by atoms with Gasteiger partial charge in [-0.05, 0) is 30.2 Å². The number of rotatable bonds is 2. The van der Waals surface area contributed by atoms with Crippen LogP contribution in [0.4, 0.5) is 5.69 Å². The van der Waals surface area contributed by atoms with Crippen LogP contribution in [0.25, 0.3) is 22.1 Å². The zero-order valence-electron chi connectivity index (χ0n) is 12.3. The molecule has 1 heterocycles. The van der Waals surface area contributed by atoms with Gasteiger partial charge in [0.25, 0.3) is 0 Å². The molecule has 0 atom stereocenters. The number of amides is 1. The van der Waals surface area contributed by atoms with Crippen molar-refractivity contribution in [3.05, 3.63) is 64.5 Å². The van der Waals surface area contributed by atoms with Crippen LogP contribution in [0.2, 0.25) is 0 Å². The fourth-order valence-electron chi connectivity index (χ4n) is 2.54. The lowest BCUT2D eigenvalue weighted by atomic mass is 9.98. The molecule has 0 fully saturated rings. The van der Waals surface area contributed by atoms with Crippen LogP contribution < -0.4 is 10.9 Å². The largest absolute Gasteiger partial charge is 0.423 e. The van der Waals surface area contributed by atoms with Crippen molar-refractivity contribution in [1.29, 1.82) is 0 Å². The van der Waals surface area contributed by atoms with E-state index in [1.807, 2.05) is 37.3 Å². The van der Waals surface area contributed by atoms with Crippen molar-refractivity contribution in [2.45, 2.75) is 13.8 Å². The second-order valence-corrected chi connectivity index (χ2v) is 5.19. The Hall–Kier alpha value is -2.88. The minimum atomic E-state index is -0.411. The molecule has 3 rings (SSSR count). The third-order valence-electron chi connectivity index (χ3n) is 3.50. The van der Waals surface area contributed by atoms with Gasteiger partial charge in [0.15, 0.2) is 0 Å². The average molecular weight is 293 g/mol. The smallest absolute Gasteiger partial charge is 0.336 e. The molecule has 0 aliphatic carbocycles. The first-order chi connectivity index (χ1) is 10.5. The van der Waals surface area contributed by atoms with Gasteiger partial charge in [-0.2, -0.15) is 0 Å². The van der Waals surface area contributed by atoms with Crippen molar-refractivity contribution in [3.63, 3.8) is 0 Å². The number of hydrogen-bond acceptors (Lipinski definition) is 3. The van der Waals surface area contributed by atoms with Gasteiger partial charge in [-0.3, -0.25) is 4.79 Å². The first kappa shape index (κ1) is 14.1. The molecular formula is C18H15NO3. The summed E-state index contributed by atoms with van der Waals surface area (Å²) in [5.74, 6) is -0.170. The fourth-order valence-corrected chi connectivity index (χ4v) is 2.54. The molecule has 0 unspecified atom stereocenters. The third kappa shape index (κ3) is 2.63. The van der Waals surface area contributed by atoms with Gasteiger partial charge in [0.05, 0.1) is 0 Å². The van der Waals surface area contributed by atoms with Gasteiger partial charge in [0.2, 0.25) is 5.91 Å². The van der Waals surface area contributed by atoms with Crippen molar-refractivity contribution in [1.82, 2.24) is 0 Å². The Morgan fingerprint density at radius 3 is 2.55 bits per heavy atom. The van der Waals surface area contributed by atoms with Gasteiger partial charge < -0.3 is 9.73 Å². The fraction of sp³-hybridized carbons (Fsp3) is 0.111. The number of anilines is 1. The van der Waals surface area contributed by atoms with Gasteiger partial charge >= 0.3 is 5.63 Å². The number of benzene rings is 2. The van der Waals surface area contributed by atoms with Crippen LogP contribution in [-0.4, -0.2) is 5.91 Å². The van der Waals surface area contributed by atoms with Crippen LogP contribution >= 0.6 is 0 Å². The second-order valence-electron chi connectivity index (χ2n) is 5.19. The van der Waals surface area contributed by atoms with Crippen LogP contribution in [0.5, 0.6) is 0 Å². The topological polar surface area (TPSA) is 59.3 Å². The Bertz CT molecular complexity index is 925. The standard InChI is InChI=1S/C18H15NO3/c1-11-5-3-4-6-14(11)16-10-18(21)22-17-9-13(19-12(2)20)7-8-15(16)17/h3-10H,1-2H3,(H,19,20). The van der Waals surface area contributed by atoms with Crippen LogP contribution in [0.1, 0.15) is 12.5 Å². The van der Waals surface area contributed by atoms with E-state index in [1.54, 1.807) is 12.1 Å². The summed E-state index contributed by atoms with van der Waals surface area (Å²) in [6.45, 7) is 3.44. The predicted octanol–water partition coefficient (Wildman–Crippen LogP) is 3.73. The maximum atomic E-state index is 11.9. The average Bonchev–Trinajstić information content (AvgIpc) is 2.46. The zero-order chi connectivity index (χ0) is 15.7. The van der Waals surface area contributed by atoms with Crippen LogP contribution in [0.15, 0.2) is 57.7 Å². The monoisotopic (exact) mass is 293 g/mol. The Balaban J connectivity index is 2.26. The van der Waals surface area contributed by atoms with Gasteiger partial charge in [0, 0.05) is 35.7 Å². The minimum Gasteiger partial charge on any atom is -0.423 e. The van der Waals surface area contributed by atoms with E-state index in [0.29, 0.717) is 11.3 Å². The maximum Gasteiger partial charge on any atom is 0.336 e. The molecule has 0 aliphatic heterocycles. The molecule has 0 spiro atoms. The Labute approximate surface area is 127 Å². The number of nitrogens with one attached hydrogen (secondary N) is 1. The summed E-state index contributed by atoms with van der Waals surface area (Å²) in [7, 11) is 0. The number of aryl methyl sites for hydroxylation is 1. The molecule has 1 N–H and O–H groups in total. The second kappa shape index (κ2) is 5.48. The SMILES string of the molecule is CC(=O)Nc1ccc2c(-c3ccccc3C)cc(=O)oc2c1. The lowest BCUT2D eigenvalue weighted by Gasteiger charge is -2.09. The Morgan fingerprint density at radius 2 is 1.82 bits per heavy atom. The first-order valence-electron chi connectivity index (χ1n) is 6.96. The lowest BCUT2D eigenvalue weighted by molar-refractivity contribution is -0.114. The van der Waals surface area contributed by atoms with E-state index in [9.17, 15) is 9.59 Å². The Kier molecular flexibility index (Phi) is 3.51. The van der Waals surface area contributed by atoms with E-state index in [4.69, 9.17) is 4.42 Å².